The molecule has 3 rings (SSSR count). The van der Waals surface area contributed by atoms with Crippen molar-refractivity contribution in [1.82, 2.24) is 10.2 Å². The maximum Gasteiger partial charge on any atom is 0.276 e. The van der Waals surface area contributed by atoms with E-state index in [1.165, 1.54) is 17.3 Å². The smallest absolute Gasteiger partial charge is 0.276 e. The van der Waals surface area contributed by atoms with E-state index in [0.717, 1.165) is 22.6 Å². The van der Waals surface area contributed by atoms with Crippen LogP contribution in [0.4, 0.5) is 0 Å². The van der Waals surface area contributed by atoms with Crippen LogP contribution in [0.2, 0.25) is 0 Å². The van der Waals surface area contributed by atoms with E-state index in [1.807, 2.05) is 37.3 Å². The zero-order valence-corrected chi connectivity index (χ0v) is 14.0. The zero-order chi connectivity index (χ0) is 16.1. The molecule has 0 aliphatic heterocycles. The normalized spacial score (nSPS) is 10.7. The summed E-state index contributed by atoms with van der Waals surface area (Å²) in [4.78, 5) is 0. The highest BCUT2D eigenvalue weighted by atomic mass is 32.2. The third kappa shape index (κ3) is 4.13. The number of nitrogens with zero attached hydrogens (tertiary/aromatic N) is 2. The molecule has 23 heavy (non-hydrogen) atoms. The number of hydrogen-bond donors (Lipinski definition) is 0. The summed E-state index contributed by atoms with van der Waals surface area (Å²) >= 11 is 1.50. The minimum absolute atomic E-state index is 0.545. The Morgan fingerprint density at radius 3 is 2.70 bits per heavy atom. The summed E-state index contributed by atoms with van der Waals surface area (Å²) in [5.74, 6) is 2.23. The van der Waals surface area contributed by atoms with E-state index in [2.05, 4.69) is 35.3 Å². The van der Waals surface area contributed by atoms with Gasteiger partial charge in [0.15, 0.2) is 0 Å². The average molecular weight is 326 g/mol. The lowest BCUT2D eigenvalue weighted by atomic mass is 10.1. The topological polar surface area (TPSA) is 48.2 Å². The Hall–Kier alpha value is -2.27. The van der Waals surface area contributed by atoms with Crippen LogP contribution in [0.15, 0.2) is 58.2 Å². The molecule has 2 aromatic carbocycles. The van der Waals surface area contributed by atoms with Gasteiger partial charge in [-0.05, 0) is 43.2 Å². The predicted molar refractivity (Wildman–Crippen MR) is 91.9 cm³/mol. The van der Waals surface area contributed by atoms with Gasteiger partial charge in [-0.1, -0.05) is 42.1 Å². The Balaban J connectivity index is 1.52. The molecule has 0 bridgehead atoms. The molecule has 0 spiro atoms. The number of benzene rings is 2. The Labute approximate surface area is 139 Å². The maximum atomic E-state index is 5.82. The summed E-state index contributed by atoms with van der Waals surface area (Å²) in [6, 6.07) is 16.0. The molecule has 5 heteroatoms. The second-order valence-corrected chi connectivity index (χ2v) is 6.25. The van der Waals surface area contributed by atoms with Crippen molar-refractivity contribution in [1.29, 1.82) is 0 Å². The van der Waals surface area contributed by atoms with Crippen molar-refractivity contribution in [2.45, 2.75) is 19.1 Å². The van der Waals surface area contributed by atoms with Crippen LogP contribution in [0, 0.1) is 13.8 Å². The summed E-state index contributed by atoms with van der Waals surface area (Å²) in [6.07, 6.45) is 0. The lowest BCUT2D eigenvalue weighted by Crippen LogP contribution is -2.01. The van der Waals surface area contributed by atoms with Crippen molar-refractivity contribution < 1.29 is 9.15 Å². The summed E-state index contributed by atoms with van der Waals surface area (Å²) in [5, 5.41) is 8.69. The van der Waals surface area contributed by atoms with Gasteiger partial charge in [-0.3, -0.25) is 0 Å². The summed E-state index contributed by atoms with van der Waals surface area (Å²) in [7, 11) is 0. The van der Waals surface area contributed by atoms with Gasteiger partial charge in [0.1, 0.15) is 5.75 Å². The maximum absolute atomic E-state index is 5.82. The fraction of sp³-hybridized carbons (Fsp3) is 0.222. The highest BCUT2D eigenvalue weighted by molar-refractivity contribution is 7.99. The first kappa shape index (κ1) is 15.6. The van der Waals surface area contributed by atoms with E-state index < -0.39 is 0 Å². The molecule has 4 nitrogen and oxygen atoms in total. The molecular weight excluding hydrogens is 308 g/mol. The molecule has 0 atom stereocenters. The molecule has 118 valence electrons. The number of aromatic nitrogens is 2. The van der Waals surface area contributed by atoms with Crippen LogP contribution < -0.4 is 4.74 Å². The third-order valence-corrected chi connectivity index (χ3v) is 4.12. The highest BCUT2D eigenvalue weighted by Gasteiger charge is 2.08. The van der Waals surface area contributed by atoms with Crippen LogP contribution in [0.1, 0.15) is 11.1 Å². The number of thioether (sulfide) groups is 1. The fourth-order valence-corrected chi connectivity index (χ4v) is 2.69. The van der Waals surface area contributed by atoms with E-state index in [-0.39, 0.29) is 0 Å². The van der Waals surface area contributed by atoms with Gasteiger partial charge in [-0.2, -0.15) is 0 Å². The van der Waals surface area contributed by atoms with Crippen LogP contribution in [0.25, 0.3) is 11.5 Å². The van der Waals surface area contributed by atoms with E-state index in [0.29, 0.717) is 17.7 Å². The number of aryl methyl sites for hydroxylation is 2. The van der Waals surface area contributed by atoms with Crippen molar-refractivity contribution in [3.05, 3.63) is 59.7 Å². The quantitative estimate of drug-likeness (QED) is 0.492. The number of ether oxygens (including phenoxy) is 1. The molecule has 0 N–H and O–H groups in total. The van der Waals surface area contributed by atoms with Crippen LogP contribution in [0.5, 0.6) is 5.75 Å². The standard InChI is InChI=1S/C18H18N2O2S/c1-13-8-9-14(2)16(12-13)21-10-11-23-18-20-19-17(22-18)15-6-4-3-5-7-15/h3-9,12H,10-11H2,1-2H3. The van der Waals surface area contributed by atoms with Crippen LogP contribution >= 0.6 is 11.8 Å². The Morgan fingerprint density at radius 2 is 1.87 bits per heavy atom. The Morgan fingerprint density at radius 1 is 1.04 bits per heavy atom. The fourth-order valence-electron chi connectivity index (χ4n) is 2.11. The Bertz CT molecular complexity index is 772. The van der Waals surface area contributed by atoms with Gasteiger partial charge in [0.05, 0.1) is 6.61 Å². The minimum Gasteiger partial charge on any atom is -0.492 e. The van der Waals surface area contributed by atoms with Gasteiger partial charge in [-0.25, -0.2) is 0 Å². The molecule has 3 aromatic rings. The summed E-state index contributed by atoms with van der Waals surface area (Å²) in [6.45, 7) is 4.70. The van der Waals surface area contributed by atoms with E-state index >= 15 is 0 Å². The first-order chi connectivity index (χ1) is 11.2. The molecule has 0 aliphatic carbocycles. The van der Waals surface area contributed by atoms with Crippen LogP contribution in [-0.2, 0) is 0 Å². The van der Waals surface area contributed by atoms with Gasteiger partial charge in [0.25, 0.3) is 5.22 Å². The first-order valence-electron chi connectivity index (χ1n) is 7.44. The van der Waals surface area contributed by atoms with Gasteiger partial charge < -0.3 is 9.15 Å². The molecule has 1 aromatic heterocycles. The van der Waals surface area contributed by atoms with E-state index in [9.17, 15) is 0 Å². The molecule has 0 unspecified atom stereocenters. The molecule has 1 heterocycles. The monoisotopic (exact) mass is 326 g/mol. The minimum atomic E-state index is 0.545. The van der Waals surface area contributed by atoms with Crippen molar-refractivity contribution in [2.24, 2.45) is 0 Å². The molecule has 0 saturated heterocycles. The molecule has 0 amide bonds. The van der Waals surface area contributed by atoms with Crippen molar-refractivity contribution in [3.63, 3.8) is 0 Å². The summed E-state index contributed by atoms with van der Waals surface area (Å²) in [5.41, 5.74) is 3.27. The molecule has 0 radical (unpaired) electrons. The van der Waals surface area contributed by atoms with Gasteiger partial charge >= 0.3 is 0 Å². The lowest BCUT2D eigenvalue weighted by Gasteiger charge is -2.08. The predicted octanol–water partition coefficient (Wildman–Crippen LogP) is 4.52. The number of rotatable bonds is 6. The Kier molecular flexibility index (Phi) is 4.98. The van der Waals surface area contributed by atoms with Crippen LogP contribution in [-0.4, -0.2) is 22.6 Å². The van der Waals surface area contributed by atoms with Gasteiger partial charge in [-0.15, -0.1) is 10.2 Å². The highest BCUT2D eigenvalue weighted by Crippen LogP contribution is 2.23. The number of hydrogen-bond acceptors (Lipinski definition) is 5. The zero-order valence-electron chi connectivity index (χ0n) is 13.2. The molecule has 0 saturated carbocycles. The first-order valence-corrected chi connectivity index (χ1v) is 8.43. The third-order valence-electron chi connectivity index (χ3n) is 3.34. The average Bonchev–Trinajstić information content (AvgIpc) is 3.04. The van der Waals surface area contributed by atoms with E-state index in [4.69, 9.17) is 9.15 Å². The molecular formula is C18H18N2O2S. The summed E-state index contributed by atoms with van der Waals surface area (Å²) < 4.78 is 11.5. The van der Waals surface area contributed by atoms with Gasteiger partial charge in [0.2, 0.25) is 5.89 Å². The van der Waals surface area contributed by atoms with Crippen molar-refractivity contribution in [2.75, 3.05) is 12.4 Å². The second-order valence-electron chi connectivity index (χ2n) is 5.21. The lowest BCUT2D eigenvalue weighted by molar-refractivity contribution is 0.340. The SMILES string of the molecule is Cc1ccc(C)c(OCCSc2nnc(-c3ccccc3)o2)c1. The largest absolute Gasteiger partial charge is 0.492 e. The molecule has 0 aliphatic rings. The van der Waals surface area contributed by atoms with Crippen molar-refractivity contribution >= 4 is 11.8 Å². The van der Waals surface area contributed by atoms with Crippen LogP contribution in [0.3, 0.4) is 0 Å². The van der Waals surface area contributed by atoms with Gasteiger partial charge in [0, 0.05) is 11.3 Å². The molecule has 0 fully saturated rings. The van der Waals surface area contributed by atoms with E-state index in [1.54, 1.807) is 0 Å². The van der Waals surface area contributed by atoms with Crippen molar-refractivity contribution in [3.8, 4) is 17.2 Å². The second kappa shape index (κ2) is 7.33.